The van der Waals surface area contributed by atoms with Crippen LogP contribution in [0.4, 0.5) is 10.1 Å². The Balaban J connectivity index is 2.47. The number of hydrogen-bond acceptors (Lipinski definition) is 1. The molecule has 0 amide bonds. The van der Waals surface area contributed by atoms with E-state index >= 15 is 0 Å². The number of thiocarbonyl (C=S) groups is 1. The van der Waals surface area contributed by atoms with Crippen molar-refractivity contribution in [2.75, 3.05) is 5.32 Å². The normalized spacial score (nSPS) is 9.37. The van der Waals surface area contributed by atoms with Crippen LogP contribution in [0, 0.1) is 21.2 Å². The lowest BCUT2D eigenvalue weighted by atomic mass is 10.1. The summed E-state index contributed by atoms with van der Waals surface area (Å²) in [6, 6.07) is 12.6. The van der Waals surface area contributed by atoms with Gasteiger partial charge in [0.25, 0.3) is 0 Å². The highest BCUT2D eigenvalue weighted by molar-refractivity contribution is 14.1. The van der Waals surface area contributed by atoms with Crippen LogP contribution in [0.2, 0.25) is 0 Å². The van der Waals surface area contributed by atoms with Crippen molar-refractivity contribution in [3.05, 3.63) is 63.0 Å². The van der Waals surface area contributed by atoms with Crippen LogP contribution in [-0.2, 0) is 0 Å². The summed E-state index contributed by atoms with van der Waals surface area (Å²) in [5, 5.41) is 2.90. The first-order valence-electron chi connectivity index (χ1n) is 5.47. The van der Waals surface area contributed by atoms with Gasteiger partial charge in [0.05, 0.1) is 20.3 Å². The number of rotatable bonds is 2. The summed E-state index contributed by atoms with van der Waals surface area (Å²) in [6.45, 7) is 0. The van der Waals surface area contributed by atoms with E-state index in [1.165, 1.54) is 11.6 Å². The predicted octanol–water partition coefficient (Wildman–Crippen LogP) is 4.20. The molecule has 0 fully saturated rings. The van der Waals surface area contributed by atoms with E-state index in [-0.39, 0.29) is 5.82 Å². The summed E-state index contributed by atoms with van der Waals surface area (Å²) in [4.78, 5) is 0. The van der Waals surface area contributed by atoms with E-state index in [0.717, 1.165) is 5.56 Å². The third-order valence-electron chi connectivity index (χ3n) is 2.41. The highest BCUT2D eigenvalue weighted by Gasteiger charge is 2.08. The smallest absolute Gasteiger partial charge is 0.137 e. The van der Waals surface area contributed by atoms with E-state index in [2.05, 4.69) is 17.2 Å². The fourth-order valence-electron chi connectivity index (χ4n) is 1.51. The maximum atomic E-state index is 13.6. The second-order valence-electron chi connectivity index (χ2n) is 3.66. The maximum absolute atomic E-state index is 13.6. The molecule has 0 atom stereocenters. The van der Waals surface area contributed by atoms with Gasteiger partial charge in [-0.05, 0) is 46.9 Å². The topological polar surface area (TPSA) is 12.0 Å². The molecule has 0 bridgehead atoms. The molecule has 0 heterocycles. The minimum Gasteiger partial charge on any atom is -0.352 e. The molecule has 0 aromatic heterocycles. The predicted molar refractivity (Wildman–Crippen MR) is 88.8 cm³/mol. The van der Waals surface area contributed by atoms with Crippen molar-refractivity contribution in [1.29, 1.82) is 0 Å². The average molecular weight is 381 g/mol. The van der Waals surface area contributed by atoms with Crippen molar-refractivity contribution in [2.45, 2.75) is 0 Å². The Morgan fingerprint density at radius 3 is 2.53 bits per heavy atom. The fraction of sp³-hybridized carbons (Fsp3) is 0. The molecule has 94 valence electrons. The van der Waals surface area contributed by atoms with Crippen LogP contribution >= 0.6 is 34.8 Å². The lowest BCUT2D eigenvalue weighted by Gasteiger charge is -2.06. The Morgan fingerprint density at radius 1 is 1.11 bits per heavy atom. The summed E-state index contributed by atoms with van der Waals surface area (Å²) in [5.74, 6) is 5.73. The van der Waals surface area contributed by atoms with Crippen LogP contribution in [0.3, 0.4) is 0 Å². The molecular formula is C15H9FINS. The van der Waals surface area contributed by atoms with Gasteiger partial charge in [-0.3, -0.25) is 0 Å². The van der Waals surface area contributed by atoms with Gasteiger partial charge in [0.1, 0.15) is 5.82 Å². The van der Waals surface area contributed by atoms with Crippen LogP contribution in [0.1, 0.15) is 11.1 Å². The first-order valence-corrected chi connectivity index (χ1v) is 7.02. The van der Waals surface area contributed by atoms with Gasteiger partial charge < -0.3 is 5.32 Å². The molecule has 0 saturated carbocycles. The lowest BCUT2D eigenvalue weighted by molar-refractivity contribution is 0.620. The minimum atomic E-state index is -0.284. The first kappa shape index (κ1) is 14.0. The molecule has 0 saturated heterocycles. The average Bonchev–Trinajstić information content (AvgIpc) is 2.44. The van der Waals surface area contributed by atoms with Gasteiger partial charge in [-0.15, -0.1) is 0 Å². The Morgan fingerprint density at radius 2 is 1.84 bits per heavy atom. The molecule has 1 nitrogen and oxygen atoms in total. The molecule has 0 aliphatic carbocycles. The van der Waals surface area contributed by atoms with Crippen molar-refractivity contribution in [3.63, 3.8) is 0 Å². The van der Waals surface area contributed by atoms with Crippen LogP contribution in [0.5, 0.6) is 0 Å². The van der Waals surface area contributed by atoms with Crippen molar-refractivity contribution < 1.29 is 4.39 Å². The zero-order valence-electron chi connectivity index (χ0n) is 9.78. The third kappa shape index (κ3) is 3.52. The van der Waals surface area contributed by atoms with Crippen LogP contribution in [0.25, 0.3) is 0 Å². The third-order valence-corrected chi connectivity index (χ3v) is 3.59. The highest BCUT2D eigenvalue weighted by atomic mass is 127. The van der Waals surface area contributed by atoms with E-state index in [1.807, 2.05) is 52.9 Å². The lowest BCUT2D eigenvalue weighted by Crippen LogP contribution is -1.99. The van der Waals surface area contributed by atoms with Gasteiger partial charge in [0.2, 0.25) is 0 Å². The van der Waals surface area contributed by atoms with Crippen molar-refractivity contribution in [1.82, 2.24) is 0 Å². The quantitative estimate of drug-likeness (QED) is 0.476. The molecule has 19 heavy (non-hydrogen) atoms. The zero-order valence-corrected chi connectivity index (χ0v) is 12.8. The van der Waals surface area contributed by atoms with Crippen LogP contribution in [-0.4, -0.2) is 5.49 Å². The summed E-state index contributed by atoms with van der Waals surface area (Å²) in [7, 11) is 0. The monoisotopic (exact) mass is 381 g/mol. The maximum Gasteiger partial charge on any atom is 0.137 e. The minimum absolute atomic E-state index is 0.284. The second kappa shape index (κ2) is 6.64. The summed E-state index contributed by atoms with van der Waals surface area (Å²) in [6.07, 6.45) is 0. The summed E-state index contributed by atoms with van der Waals surface area (Å²) in [5.41, 5.74) is 3.60. The molecule has 2 aromatic carbocycles. The zero-order chi connectivity index (χ0) is 13.7. The Kier molecular flexibility index (Phi) is 4.88. The second-order valence-corrected chi connectivity index (χ2v) is 4.98. The van der Waals surface area contributed by atoms with Gasteiger partial charge >= 0.3 is 0 Å². The Hall–Kier alpha value is -1.45. The van der Waals surface area contributed by atoms with Gasteiger partial charge in [-0.1, -0.05) is 42.3 Å². The molecule has 0 aliphatic rings. The molecular weight excluding hydrogens is 372 g/mol. The highest BCUT2D eigenvalue weighted by Crippen LogP contribution is 2.23. The molecule has 4 heteroatoms. The van der Waals surface area contributed by atoms with Gasteiger partial charge in [0.15, 0.2) is 0 Å². The van der Waals surface area contributed by atoms with E-state index in [0.29, 0.717) is 14.8 Å². The molecule has 0 spiro atoms. The number of anilines is 1. The molecule has 2 rings (SSSR count). The van der Waals surface area contributed by atoms with Crippen LogP contribution in [0.15, 0.2) is 42.5 Å². The van der Waals surface area contributed by atoms with E-state index in [4.69, 9.17) is 12.2 Å². The fourth-order valence-corrected chi connectivity index (χ4v) is 2.24. The molecule has 0 aliphatic heterocycles. The molecule has 0 radical (unpaired) electrons. The number of hydrogen-bond donors (Lipinski definition) is 1. The number of halogens is 2. The van der Waals surface area contributed by atoms with Gasteiger partial charge in [0, 0.05) is 5.56 Å². The summed E-state index contributed by atoms with van der Waals surface area (Å²) < 4.78 is 14.1. The molecule has 1 N–H and O–H groups in total. The summed E-state index contributed by atoms with van der Waals surface area (Å²) >= 11 is 6.71. The molecule has 0 unspecified atom stereocenters. The molecule has 2 aromatic rings. The van der Waals surface area contributed by atoms with E-state index in [1.54, 1.807) is 6.07 Å². The van der Waals surface area contributed by atoms with Gasteiger partial charge in [-0.25, -0.2) is 4.39 Å². The number of nitrogens with one attached hydrogen (secondary N) is 1. The van der Waals surface area contributed by atoms with Crippen molar-refractivity contribution >= 4 is 46.0 Å². The largest absolute Gasteiger partial charge is 0.352 e. The van der Waals surface area contributed by atoms with Crippen molar-refractivity contribution in [3.8, 4) is 11.8 Å². The number of benzene rings is 2. The van der Waals surface area contributed by atoms with Crippen LogP contribution < -0.4 is 5.32 Å². The Bertz CT molecular complexity index is 659. The first-order chi connectivity index (χ1) is 9.22. The standard InChI is InChI=1S/C15H9FINS/c16-13-8-9-14(18-10-19)12(15(13)17)7-6-11-4-2-1-3-5-11/h1-5,8-10H,(H,18,19). The SMILES string of the molecule is Fc1ccc(NC=S)c(C#Cc2ccccc2)c1I. The van der Waals surface area contributed by atoms with Crippen molar-refractivity contribution in [2.24, 2.45) is 0 Å². The Labute approximate surface area is 130 Å². The van der Waals surface area contributed by atoms with E-state index in [9.17, 15) is 4.39 Å². The van der Waals surface area contributed by atoms with E-state index < -0.39 is 0 Å². The van der Waals surface area contributed by atoms with Gasteiger partial charge in [-0.2, -0.15) is 0 Å².